The molecule has 0 N–H and O–H groups in total. The Labute approximate surface area is 116 Å². The van der Waals surface area contributed by atoms with E-state index in [-0.39, 0.29) is 0 Å². The quantitative estimate of drug-likeness (QED) is 0.743. The lowest BCUT2D eigenvalue weighted by atomic mass is 10.1. The first-order valence-corrected chi connectivity index (χ1v) is 7.45. The number of fused-ring (bicyclic) bond motifs is 1. The summed E-state index contributed by atoms with van der Waals surface area (Å²) in [6, 6.07) is 10.8. The fraction of sp³-hybridized carbons (Fsp3) is 0.471. The second-order valence-corrected chi connectivity index (χ2v) is 4.91. The summed E-state index contributed by atoms with van der Waals surface area (Å²) in [4.78, 5) is 7.17. The predicted molar refractivity (Wildman–Crippen MR) is 83.9 cm³/mol. The lowest BCUT2D eigenvalue weighted by Gasteiger charge is -2.27. The average molecular weight is 256 g/mol. The zero-order valence-corrected chi connectivity index (χ0v) is 12.3. The maximum absolute atomic E-state index is 4.77. The Kier molecular flexibility index (Phi) is 4.78. The molecule has 0 unspecified atom stereocenters. The summed E-state index contributed by atoms with van der Waals surface area (Å²) in [5.74, 6) is 1.14. The van der Waals surface area contributed by atoms with Crippen LogP contribution in [0.2, 0.25) is 0 Å². The summed E-state index contributed by atoms with van der Waals surface area (Å²) < 4.78 is 0. The average Bonchev–Trinajstić information content (AvgIpc) is 2.49. The Morgan fingerprint density at radius 1 is 0.947 bits per heavy atom. The van der Waals surface area contributed by atoms with Gasteiger partial charge in [-0.1, -0.05) is 25.5 Å². The smallest absolute Gasteiger partial charge is 0.129 e. The molecule has 0 saturated carbocycles. The number of aromatic nitrogens is 1. The molecule has 1 aliphatic heterocycles. The molecule has 1 fully saturated rings. The lowest BCUT2D eigenvalue weighted by molar-refractivity contribution is 0.574. The van der Waals surface area contributed by atoms with Gasteiger partial charge in [0.15, 0.2) is 0 Å². The summed E-state index contributed by atoms with van der Waals surface area (Å²) in [5.41, 5.74) is 2.41. The van der Waals surface area contributed by atoms with Crippen LogP contribution >= 0.6 is 0 Å². The van der Waals surface area contributed by atoms with Crippen LogP contribution in [0.5, 0.6) is 0 Å². The number of nitrogens with zero attached hydrogens (tertiary/aromatic N) is 2. The zero-order chi connectivity index (χ0) is 13.7. The summed E-state index contributed by atoms with van der Waals surface area (Å²) in [5, 5.41) is 1.24. The van der Waals surface area contributed by atoms with Gasteiger partial charge in [-0.15, -0.1) is 0 Å². The third-order valence-electron chi connectivity index (χ3n) is 3.51. The van der Waals surface area contributed by atoms with Gasteiger partial charge >= 0.3 is 0 Å². The molecule has 0 bridgehead atoms. The van der Waals surface area contributed by atoms with Gasteiger partial charge in [0.25, 0.3) is 0 Å². The number of anilines is 1. The minimum absolute atomic E-state index is 1.11. The molecule has 0 aliphatic carbocycles. The van der Waals surface area contributed by atoms with Gasteiger partial charge in [0, 0.05) is 18.5 Å². The van der Waals surface area contributed by atoms with E-state index in [0.717, 1.165) is 24.4 Å². The Morgan fingerprint density at radius 2 is 1.68 bits per heavy atom. The van der Waals surface area contributed by atoms with Gasteiger partial charge in [0.05, 0.1) is 5.52 Å². The van der Waals surface area contributed by atoms with Gasteiger partial charge in [0.2, 0.25) is 0 Å². The topological polar surface area (TPSA) is 16.1 Å². The Morgan fingerprint density at radius 3 is 2.42 bits per heavy atom. The SMILES string of the molecule is CC.Cc1ccc2nc(N3CCCCC3)ccc2c1. The molecule has 2 heterocycles. The van der Waals surface area contributed by atoms with Gasteiger partial charge in [-0.3, -0.25) is 0 Å². The van der Waals surface area contributed by atoms with Crippen molar-refractivity contribution in [1.82, 2.24) is 4.98 Å². The Bertz CT molecular complexity index is 528. The Balaban J connectivity index is 0.000000637. The van der Waals surface area contributed by atoms with E-state index in [0.29, 0.717) is 0 Å². The van der Waals surface area contributed by atoms with Crippen LogP contribution in [0.1, 0.15) is 38.7 Å². The van der Waals surface area contributed by atoms with Crippen LogP contribution in [0.3, 0.4) is 0 Å². The van der Waals surface area contributed by atoms with E-state index < -0.39 is 0 Å². The maximum Gasteiger partial charge on any atom is 0.129 e. The summed E-state index contributed by atoms with van der Waals surface area (Å²) in [6.07, 6.45) is 3.96. The molecule has 0 atom stereocenters. The molecule has 3 rings (SSSR count). The van der Waals surface area contributed by atoms with Crippen molar-refractivity contribution in [3.8, 4) is 0 Å². The predicted octanol–water partition coefficient (Wildman–Crippen LogP) is 4.56. The molecule has 0 radical (unpaired) electrons. The second-order valence-electron chi connectivity index (χ2n) is 4.91. The highest BCUT2D eigenvalue weighted by Gasteiger charge is 2.12. The van der Waals surface area contributed by atoms with Crippen molar-refractivity contribution >= 4 is 16.7 Å². The molecule has 1 aromatic carbocycles. The molecule has 1 aromatic heterocycles. The van der Waals surface area contributed by atoms with Crippen molar-refractivity contribution in [2.45, 2.75) is 40.0 Å². The van der Waals surface area contributed by atoms with Crippen LogP contribution in [0.15, 0.2) is 30.3 Å². The third-order valence-corrected chi connectivity index (χ3v) is 3.51. The van der Waals surface area contributed by atoms with E-state index in [4.69, 9.17) is 4.98 Å². The van der Waals surface area contributed by atoms with Gasteiger partial charge < -0.3 is 4.90 Å². The number of hydrogen-bond acceptors (Lipinski definition) is 2. The zero-order valence-electron chi connectivity index (χ0n) is 12.3. The molecule has 2 nitrogen and oxygen atoms in total. The molecular formula is C17H24N2. The minimum atomic E-state index is 1.11. The van der Waals surface area contributed by atoms with Gasteiger partial charge in [-0.2, -0.15) is 0 Å². The van der Waals surface area contributed by atoms with Gasteiger partial charge in [0.1, 0.15) is 5.82 Å². The number of aryl methyl sites for hydroxylation is 1. The van der Waals surface area contributed by atoms with E-state index in [1.807, 2.05) is 13.8 Å². The molecule has 2 heteroatoms. The number of benzene rings is 1. The van der Waals surface area contributed by atoms with E-state index >= 15 is 0 Å². The van der Waals surface area contributed by atoms with Gasteiger partial charge in [-0.25, -0.2) is 4.98 Å². The number of hydrogen-bond donors (Lipinski definition) is 0. The fourth-order valence-corrected chi connectivity index (χ4v) is 2.53. The van der Waals surface area contributed by atoms with Crippen LogP contribution in [0.25, 0.3) is 10.9 Å². The first kappa shape index (κ1) is 13.9. The van der Waals surface area contributed by atoms with Crippen molar-refractivity contribution in [1.29, 1.82) is 0 Å². The van der Waals surface area contributed by atoms with Crippen molar-refractivity contribution < 1.29 is 0 Å². The normalized spacial score (nSPS) is 15.0. The van der Waals surface area contributed by atoms with Crippen molar-refractivity contribution in [3.05, 3.63) is 35.9 Å². The highest BCUT2D eigenvalue weighted by molar-refractivity contribution is 5.81. The number of piperidine rings is 1. The molecule has 0 amide bonds. The summed E-state index contributed by atoms with van der Waals surface area (Å²) in [6.45, 7) is 8.44. The standard InChI is InChI=1S/C15H18N2.C2H6/c1-12-5-7-14-13(11-12)6-8-15(16-14)17-9-3-2-4-10-17;1-2/h5-8,11H,2-4,9-10H2,1H3;1-2H3. The highest BCUT2D eigenvalue weighted by Crippen LogP contribution is 2.21. The number of rotatable bonds is 1. The Hall–Kier alpha value is -1.57. The fourth-order valence-electron chi connectivity index (χ4n) is 2.53. The molecule has 19 heavy (non-hydrogen) atoms. The largest absolute Gasteiger partial charge is 0.357 e. The van der Waals surface area contributed by atoms with Crippen molar-refractivity contribution in [2.75, 3.05) is 18.0 Å². The first-order valence-electron chi connectivity index (χ1n) is 7.45. The molecule has 0 spiro atoms. The lowest BCUT2D eigenvalue weighted by Crippen LogP contribution is -2.30. The van der Waals surface area contributed by atoms with Crippen molar-refractivity contribution in [2.24, 2.45) is 0 Å². The van der Waals surface area contributed by atoms with Crippen LogP contribution in [0, 0.1) is 6.92 Å². The molecule has 1 aliphatic rings. The minimum Gasteiger partial charge on any atom is -0.357 e. The monoisotopic (exact) mass is 256 g/mol. The summed E-state index contributed by atoms with van der Waals surface area (Å²) in [7, 11) is 0. The van der Waals surface area contributed by atoms with Crippen molar-refractivity contribution in [3.63, 3.8) is 0 Å². The first-order chi connectivity index (χ1) is 9.33. The number of pyridine rings is 1. The van der Waals surface area contributed by atoms with Crippen LogP contribution < -0.4 is 4.90 Å². The molecule has 2 aromatic rings. The van der Waals surface area contributed by atoms with Gasteiger partial charge in [-0.05, 0) is 50.5 Å². The van der Waals surface area contributed by atoms with E-state index in [1.54, 1.807) is 0 Å². The molecule has 102 valence electrons. The molecule has 1 saturated heterocycles. The van der Waals surface area contributed by atoms with E-state index in [9.17, 15) is 0 Å². The van der Waals surface area contributed by atoms with Crippen LogP contribution in [-0.4, -0.2) is 18.1 Å². The highest BCUT2D eigenvalue weighted by atomic mass is 15.2. The maximum atomic E-state index is 4.77. The van der Waals surface area contributed by atoms with Crippen LogP contribution in [-0.2, 0) is 0 Å². The van der Waals surface area contributed by atoms with E-state index in [2.05, 4.69) is 42.2 Å². The molecular weight excluding hydrogens is 232 g/mol. The second kappa shape index (κ2) is 6.55. The third kappa shape index (κ3) is 3.25. The van der Waals surface area contributed by atoms with Crippen LogP contribution in [0.4, 0.5) is 5.82 Å². The summed E-state index contributed by atoms with van der Waals surface area (Å²) >= 11 is 0. The van der Waals surface area contributed by atoms with E-state index in [1.165, 1.54) is 30.2 Å².